The molecule has 0 saturated carbocycles. The Balaban J connectivity index is 1.16. The maximum absolute atomic E-state index is 4.31. The van der Waals surface area contributed by atoms with E-state index in [-0.39, 0.29) is 0 Å². The zero-order chi connectivity index (χ0) is 36.6. The van der Waals surface area contributed by atoms with Gasteiger partial charge in [0.05, 0.1) is 39.1 Å². The van der Waals surface area contributed by atoms with Gasteiger partial charge in [-0.25, -0.2) is 0 Å². The Hall–Kier alpha value is -6.88. The van der Waals surface area contributed by atoms with Crippen LogP contribution in [0.3, 0.4) is 0 Å². The van der Waals surface area contributed by atoms with Gasteiger partial charge in [-0.15, -0.1) is 11.3 Å². The lowest BCUT2D eigenvalue weighted by atomic mass is 10.0. The minimum Gasteiger partial charge on any atom is -0.309 e. The van der Waals surface area contributed by atoms with Crippen molar-refractivity contribution >= 4 is 87.4 Å². The molecule has 11 rings (SSSR count). The quantitative estimate of drug-likeness (QED) is 0.162. The first kappa shape index (κ1) is 31.6. The van der Waals surface area contributed by atoms with Crippen molar-refractivity contribution in [1.82, 2.24) is 13.7 Å². The van der Waals surface area contributed by atoms with Gasteiger partial charge >= 0.3 is 0 Å². The van der Waals surface area contributed by atoms with Crippen LogP contribution in [0.15, 0.2) is 176 Å². The molecule has 0 unspecified atom stereocenters. The Kier molecular flexibility index (Phi) is 7.10. The van der Waals surface area contributed by atoms with E-state index in [4.69, 9.17) is 0 Å². The first-order valence-corrected chi connectivity index (χ1v) is 19.6. The van der Waals surface area contributed by atoms with E-state index in [0.29, 0.717) is 0 Å². The van der Waals surface area contributed by atoms with E-state index in [1.54, 1.807) is 0 Å². The number of nitrogens with zero attached hydrogens (tertiary/aromatic N) is 3. The molecule has 4 heterocycles. The second-order valence-corrected chi connectivity index (χ2v) is 15.1. The molecule has 0 radical (unpaired) electrons. The van der Waals surface area contributed by atoms with Crippen molar-refractivity contribution in [3.8, 4) is 28.2 Å². The van der Waals surface area contributed by atoms with Gasteiger partial charge in [0.2, 0.25) is 0 Å². The monoisotopic (exact) mass is 721 g/mol. The van der Waals surface area contributed by atoms with Gasteiger partial charge in [0.1, 0.15) is 4.83 Å². The summed E-state index contributed by atoms with van der Waals surface area (Å²) >= 11 is 1.85. The summed E-state index contributed by atoms with van der Waals surface area (Å²) in [5, 5.41) is 7.52. The standard InChI is InChI=1S/C51H35N3S/c1-3-17-39-42(4-2)52(51-50(39)40-23-10-16-29-49(40)55-51)33-30-31-48-41(32-33)38-22-9-15-28-47(38)54(48)46-27-14-8-21-37(46)36-20-7-13-26-45(36)53-43-24-11-5-18-34(43)35-19-6-12-25-44(35)53/h3-32H,2H2,1H3/b17-3-. The fraction of sp³-hybridized carbons (Fsp3) is 0.0196. The number of allylic oxidation sites excluding steroid dienone is 1. The van der Waals surface area contributed by atoms with Crippen LogP contribution in [0.25, 0.3) is 104 Å². The number of aromatic nitrogens is 3. The molecule has 7 aromatic carbocycles. The first-order chi connectivity index (χ1) is 27.2. The summed E-state index contributed by atoms with van der Waals surface area (Å²) in [5.74, 6) is 0. The highest BCUT2D eigenvalue weighted by Gasteiger charge is 2.23. The average molecular weight is 722 g/mol. The van der Waals surface area contributed by atoms with E-state index in [0.717, 1.165) is 22.8 Å². The third-order valence-corrected chi connectivity index (χ3v) is 12.3. The molecular weight excluding hydrogens is 687 g/mol. The van der Waals surface area contributed by atoms with Crippen molar-refractivity contribution in [2.45, 2.75) is 6.92 Å². The van der Waals surface area contributed by atoms with Gasteiger partial charge in [-0.2, -0.15) is 0 Å². The molecule has 0 atom stereocenters. The molecule has 4 heteroatoms. The topological polar surface area (TPSA) is 14.8 Å². The minimum atomic E-state index is 1.11. The molecule has 0 aliphatic heterocycles. The summed E-state index contributed by atoms with van der Waals surface area (Å²) in [5.41, 5.74) is 12.8. The summed E-state index contributed by atoms with van der Waals surface area (Å²) in [4.78, 5) is 1.24. The number of thiophene rings is 1. The first-order valence-electron chi connectivity index (χ1n) is 18.8. The van der Waals surface area contributed by atoms with Crippen molar-refractivity contribution in [1.29, 1.82) is 0 Å². The fourth-order valence-electron chi connectivity index (χ4n) is 8.94. The van der Waals surface area contributed by atoms with Gasteiger partial charge in [-0.1, -0.05) is 128 Å². The smallest absolute Gasteiger partial charge is 0.109 e. The molecule has 11 aromatic rings. The molecule has 4 aromatic heterocycles. The molecule has 3 nitrogen and oxygen atoms in total. The average Bonchev–Trinajstić information content (AvgIpc) is 3.96. The molecule has 0 bridgehead atoms. The van der Waals surface area contributed by atoms with Gasteiger partial charge < -0.3 is 13.7 Å². The zero-order valence-electron chi connectivity index (χ0n) is 30.3. The summed E-state index contributed by atoms with van der Waals surface area (Å²) in [6, 6.07) is 59.7. The number of para-hydroxylation sites is 5. The molecule has 0 N–H and O–H groups in total. The lowest BCUT2D eigenvalue weighted by Gasteiger charge is -2.18. The van der Waals surface area contributed by atoms with Crippen molar-refractivity contribution < 1.29 is 0 Å². The van der Waals surface area contributed by atoms with Crippen molar-refractivity contribution in [3.63, 3.8) is 0 Å². The molecule has 55 heavy (non-hydrogen) atoms. The van der Waals surface area contributed by atoms with Crippen molar-refractivity contribution in [2.75, 3.05) is 0 Å². The van der Waals surface area contributed by atoms with E-state index in [9.17, 15) is 0 Å². The van der Waals surface area contributed by atoms with Crippen molar-refractivity contribution in [2.24, 2.45) is 0 Å². The van der Waals surface area contributed by atoms with E-state index in [1.165, 1.54) is 80.6 Å². The Morgan fingerprint density at radius 3 is 1.56 bits per heavy atom. The molecule has 0 spiro atoms. The van der Waals surface area contributed by atoms with Gasteiger partial charge in [0, 0.05) is 59.4 Å². The zero-order valence-corrected chi connectivity index (χ0v) is 31.1. The summed E-state index contributed by atoms with van der Waals surface area (Å²) in [6.07, 6.45) is 6.37. The van der Waals surface area contributed by atoms with Gasteiger partial charge in [-0.05, 0) is 67.6 Å². The fourth-order valence-corrected chi connectivity index (χ4v) is 10.2. The molecule has 0 fully saturated rings. The number of fused-ring (bicyclic) bond motifs is 9. The van der Waals surface area contributed by atoms with Crippen LogP contribution in [0, 0.1) is 0 Å². The Bertz CT molecular complexity index is 3310. The van der Waals surface area contributed by atoms with E-state index in [2.05, 4.69) is 203 Å². The third-order valence-electron chi connectivity index (χ3n) is 11.2. The molecular formula is C51H35N3S. The van der Waals surface area contributed by atoms with Crippen molar-refractivity contribution in [3.05, 3.63) is 188 Å². The second-order valence-electron chi connectivity index (χ2n) is 14.1. The molecule has 0 amide bonds. The number of hydrogen-bond acceptors (Lipinski definition) is 1. The minimum absolute atomic E-state index is 1.11. The van der Waals surface area contributed by atoms with E-state index < -0.39 is 0 Å². The largest absolute Gasteiger partial charge is 0.309 e. The van der Waals surface area contributed by atoms with Crippen LogP contribution in [-0.2, 0) is 0 Å². The maximum atomic E-state index is 4.31. The van der Waals surface area contributed by atoms with Crippen LogP contribution in [0.1, 0.15) is 18.2 Å². The second kappa shape index (κ2) is 12.3. The molecule has 0 aliphatic carbocycles. The Labute approximate surface area is 322 Å². The van der Waals surface area contributed by atoms with Crippen LogP contribution in [0.4, 0.5) is 0 Å². The van der Waals surface area contributed by atoms with Gasteiger partial charge in [0.15, 0.2) is 0 Å². The van der Waals surface area contributed by atoms with Gasteiger partial charge in [-0.3, -0.25) is 0 Å². The number of benzene rings is 7. The van der Waals surface area contributed by atoms with Crippen LogP contribution in [-0.4, -0.2) is 13.7 Å². The summed E-state index contributed by atoms with van der Waals surface area (Å²) in [7, 11) is 0. The van der Waals surface area contributed by atoms with Gasteiger partial charge in [0.25, 0.3) is 0 Å². The van der Waals surface area contributed by atoms with Crippen LogP contribution < -0.4 is 0 Å². The highest BCUT2D eigenvalue weighted by atomic mass is 32.1. The molecule has 0 aliphatic rings. The Morgan fingerprint density at radius 1 is 0.491 bits per heavy atom. The lowest BCUT2D eigenvalue weighted by molar-refractivity contribution is 1.12. The SMILES string of the molecule is C=Cc1c(/C=C\C)c2c3ccccc3sc2n1-c1ccc2c(c1)c1ccccc1n2-c1ccccc1-c1ccccc1-n1c2ccccc2c2ccccc21. The van der Waals surface area contributed by atoms with E-state index in [1.807, 2.05) is 17.4 Å². The normalized spacial score (nSPS) is 12.1. The molecule has 260 valence electrons. The summed E-state index contributed by atoms with van der Waals surface area (Å²) in [6.45, 7) is 6.40. The highest BCUT2D eigenvalue weighted by molar-refractivity contribution is 7.25. The summed E-state index contributed by atoms with van der Waals surface area (Å²) < 4.78 is 8.58. The van der Waals surface area contributed by atoms with Crippen LogP contribution >= 0.6 is 11.3 Å². The van der Waals surface area contributed by atoms with Crippen LogP contribution in [0.5, 0.6) is 0 Å². The molecule has 0 saturated heterocycles. The number of rotatable bonds is 6. The lowest BCUT2D eigenvalue weighted by Crippen LogP contribution is -2.01. The predicted octanol–water partition coefficient (Wildman–Crippen LogP) is 14.4. The Morgan fingerprint density at radius 2 is 0.982 bits per heavy atom. The van der Waals surface area contributed by atoms with Crippen LogP contribution in [0.2, 0.25) is 0 Å². The number of hydrogen-bond donors (Lipinski definition) is 0. The maximum Gasteiger partial charge on any atom is 0.109 e. The third kappa shape index (κ3) is 4.56. The highest BCUT2D eigenvalue weighted by Crippen LogP contribution is 2.44. The predicted molar refractivity (Wildman–Crippen MR) is 238 cm³/mol. The van der Waals surface area contributed by atoms with E-state index >= 15 is 0 Å².